The Morgan fingerprint density at radius 3 is 2.96 bits per heavy atom. The van der Waals surface area contributed by atoms with Crippen LogP contribution >= 0.6 is 15.9 Å². The smallest absolute Gasteiger partial charge is 0.205 e. The van der Waals surface area contributed by atoms with Crippen LogP contribution in [0.5, 0.6) is 11.5 Å². The van der Waals surface area contributed by atoms with E-state index in [1.807, 2.05) is 36.5 Å². The van der Waals surface area contributed by atoms with Gasteiger partial charge in [-0.05, 0) is 54.7 Å². The first kappa shape index (κ1) is 17.1. The van der Waals surface area contributed by atoms with Gasteiger partial charge in [-0.2, -0.15) is 10.3 Å². The molecule has 26 heavy (non-hydrogen) atoms. The Kier molecular flexibility index (Phi) is 4.46. The molecule has 2 aliphatic rings. The number of nitriles is 1. The molecule has 0 aromatic heterocycles. The second-order valence-corrected chi connectivity index (χ2v) is 7.80. The fourth-order valence-corrected chi connectivity index (χ4v) is 4.52. The molecule has 0 N–H and O–H groups in total. The van der Waals surface area contributed by atoms with Gasteiger partial charge in [0.2, 0.25) is 6.19 Å². The van der Waals surface area contributed by atoms with Crippen LogP contribution in [-0.2, 0) is 12.8 Å². The molecule has 0 saturated carbocycles. The molecule has 1 unspecified atom stereocenters. The molecule has 2 aromatic rings. The zero-order valence-electron chi connectivity index (χ0n) is 14.6. The van der Waals surface area contributed by atoms with Gasteiger partial charge in [-0.1, -0.05) is 28.1 Å². The Balaban J connectivity index is 1.78. The van der Waals surface area contributed by atoms with Gasteiger partial charge in [0.1, 0.15) is 17.1 Å². The maximum atomic E-state index is 9.18. The van der Waals surface area contributed by atoms with E-state index >= 15 is 0 Å². The maximum absolute atomic E-state index is 9.18. The average Bonchev–Trinajstić information content (AvgIpc) is 2.81. The number of fused-ring (bicyclic) bond motifs is 2. The summed E-state index contributed by atoms with van der Waals surface area (Å²) in [5.74, 6) is 1.76. The number of ether oxygens (including phenoxy) is 2. The summed E-state index contributed by atoms with van der Waals surface area (Å²) < 4.78 is 13.1. The van der Waals surface area contributed by atoms with Crippen molar-refractivity contribution in [2.75, 3.05) is 7.11 Å². The van der Waals surface area contributed by atoms with Gasteiger partial charge in [-0.3, -0.25) is 0 Å². The fraction of sp³-hybridized carbons (Fsp3) is 0.333. The minimum absolute atomic E-state index is 0.367. The first-order valence-corrected chi connectivity index (χ1v) is 9.53. The van der Waals surface area contributed by atoms with Gasteiger partial charge in [-0.25, -0.2) is 0 Å². The van der Waals surface area contributed by atoms with Gasteiger partial charge in [0, 0.05) is 22.9 Å². The first-order valence-electron chi connectivity index (χ1n) is 8.73. The quantitative estimate of drug-likeness (QED) is 0.632. The zero-order chi connectivity index (χ0) is 18.1. The van der Waals surface area contributed by atoms with Crippen molar-refractivity contribution in [3.63, 3.8) is 0 Å². The van der Waals surface area contributed by atoms with Crippen LogP contribution in [0, 0.1) is 11.5 Å². The molecule has 5 heteroatoms. The Hall–Kier alpha value is -2.32. The van der Waals surface area contributed by atoms with E-state index in [0.29, 0.717) is 6.42 Å². The molecule has 0 fully saturated rings. The van der Waals surface area contributed by atoms with Gasteiger partial charge in [-0.15, -0.1) is 0 Å². The molecule has 4 rings (SSSR count). The topological polar surface area (TPSA) is 54.6 Å². The fourth-order valence-electron chi connectivity index (χ4n) is 4.16. The molecule has 0 bridgehead atoms. The van der Waals surface area contributed by atoms with Crippen LogP contribution in [0.15, 0.2) is 45.9 Å². The molecule has 1 spiro atoms. The lowest BCUT2D eigenvalue weighted by molar-refractivity contribution is 0.0618. The molecule has 0 amide bonds. The lowest BCUT2D eigenvalue weighted by atomic mass is 9.82. The highest BCUT2D eigenvalue weighted by atomic mass is 79.9. The third-order valence-corrected chi connectivity index (χ3v) is 5.77. The van der Waals surface area contributed by atoms with Crippen LogP contribution in [-0.4, -0.2) is 18.4 Å². The lowest BCUT2D eigenvalue weighted by Gasteiger charge is -2.39. The second kappa shape index (κ2) is 6.77. The van der Waals surface area contributed by atoms with Gasteiger partial charge < -0.3 is 9.47 Å². The molecule has 1 aliphatic carbocycles. The number of aliphatic imine (C=N–C) groups is 1. The van der Waals surface area contributed by atoms with Crippen molar-refractivity contribution >= 4 is 21.6 Å². The van der Waals surface area contributed by atoms with Gasteiger partial charge in [0.25, 0.3) is 0 Å². The number of rotatable bonds is 1. The summed E-state index contributed by atoms with van der Waals surface area (Å²) in [5.41, 5.74) is 3.88. The third-order valence-electron chi connectivity index (χ3n) is 5.28. The van der Waals surface area contributed by atoms with Crippen LogP contribution in [0.2, 0.25) is 0 Å². The van der Waals surface area contributed by atoms with Crippen molar-refractivity contribution in [2.24, 2.45) is 4.99 Å². The molecule has 2 aromatic carbocycles. The summed E-state index contributed by atoms with van der Waals surface area (Å²) in [6.45, 7) is 0. The summed E-state index contributed by atoms with van der Waals surface area (Å²) in [7, 11) is 1.72. The van der Waals surface area contributed by atoms with Crippen molar-refractivity contribution in [3.05, 3.63) is 57.6 Å². The number of benzene rings is 2. The van der Waals surface area contributed by atoms with Crippen molar-refractivity contribution in [1.82, 2.24) is 0 Å². The van der Waals surface area contributed by atoms with Crippen LogP contribution in [0.1, 0.15) is 36.0 Å². The van der Waals surface area contributed by atoms with E-state index < -0.39 is 0 Å². The number of methoxy groups -OCH3 is 1. The number of hydrogen-bond acceptors (Lipinski definition) is 4. The summed E-state index contributed by atoms with van der Waals surface area (Å²) >= 11 is 3.50. The van der Waals surface area contributed by atoms with Crippen LogP contribution in [0.4, 0.5) is 0 Å². The highest BCUT2D eigenvalue weighted by molar-refractivity contribution is 9.10. The highest BCUT2D eigenvalue weighted by Gasteiger charge is 2.41. The minimum Gasteiger partial charge on any atom is -0.496 e. The van der Waals surface area contributed by atoms with Gasteiger partial charge in [0.15, 0.2) is 0 Å². The number of halogens is 1. The molecule has 1 atom stereocenters. The van der Waals surface area contributed by atoms with E-state index in [0.717, 1.165) is 52.9 Å². The van der Waals surface area contributed by atoms with E-state index in [1.54, 1.807) is 7.11 Å². The molecule has 0 radical (unpaired) electrons. The predicted octanol–water partition coefficient (Wildman–Crippen LogP) is 4.83. The zero-order valence-corrected chi connectivity index (χ0v) is 16.2. The summed E-state index contributed by atoms with van der Waals surface area (Å²) in [5, 5.41) is 9.18. The van der Waals surface area contributed by atoms with Crippen molar-refractivity contribution in [1.29, 1.82) is 5.26 Å². The number of hydrogen-bond donors (Lipinski definition) is 0. The highest BCUT2D eigenvalue weighted by Crippen LogP contribution is 2.42. The van der Waals surface area contributed by atoms with Gasteiger partial charge >= 0.3 is 0 Å². The van der Waals surface area contributed by atoms with Crippen LogP contribution < -0.4 is 9.47 Å². The van der Waals surface area contributed by atoms with E-state index in [4.69, 9.17) is 9.47 Å². The number of nitrogens with zero attached hydrogens (tertiary/aromatic N) is 2. The standard InChI is InChI=1S/C21H19BrN2O2/c1-25-19-6-2-4-14-11-21(9-3-5-16(14)19)12-18(24-13-23)17-10-15(22)7-8-20(17)26-21/h2,4,6-8,10H,3,5,9,11-12H2,1H3. The van der Waals surface area contributed by atoms with Crippen molar-refractivity contribution in [2.45, 2.75) is 37.7 Å². The monoisotopic (exact) mass is 410 g/mol. The van der Waals surface area contributed by atoms with E-state index in [1.165, 1.54) is 11.1 Å². The third kappa shape index (κ3) is 2.99. The Labute approximate surface area is 161 Å². The van der Waals surface area contributed by atoms with E-state index in [2.05, 4.69) is 27.0 Å². The van der Waals surface area contributed by atoms with Gasteiger partial charge in [0.05, 0.1) is 12.8 Å². The summed E-state index contributed by atoms with van der Waals surface area (Å²) in [4.78, 5) is 4.13. The Morgan fingerprint density at radius 1 is 1.27 bits per heavy atom. The minimum atomic E-state index is -0.367. The van der Waals surface area contributed by atoms with E-state index in [9.17, 15) is 5.26 Å². The second-order valence-electron chi connectivity index (χ2n) is 6.89. The summed E-state index contributed by atoms with van der Waals surface area (Å²) in [6.07, 6.45) is 6.31. The molecule has 132 valence electrons. The largest absolute Gasteiger partial charge is 0.496 e. The van der Waals surface area contributed by atoms with Crippen LogP contribution in [0.3, 0.4) is 0 Å². The molecular formula is C21H19BrN2O2. The SMILES string of the molecule is COc1cccc2c1CCCC1(CC(=NC#N)c3cc(Br)ccc3O1)C2. The molecule has 1 aliphatic heterocycles. The lowest BCUT2D eigenvalue weighted by Crippen LogP contribution is -2.43. The normalized spacial score (nSPS) is 22.7. The summed E-state index contributed by atoms with van der Waals surface area (Å²) in [6, 6.07) is 12.1. The molecule has 4 nitrogen and oxygen atoms in total. The van der Waals surface area contributed by atoms with Crippen molar-refractivity contribution in [3.8, 4) is 17.7 Å². The first-order chi connectivity index (χ1) is 12.6. The Morgan fingerprint density at radius 2 is 2.15 bits per heavy atom. The average molecular weight is 411 g/mol. The Bertz CT molecular complexity index is 932. The van der Waals surface area contributed by atoms with Crippen molar-refractivity contribution < 1.29 is 9.47 Å². The predicted molar refractivity (Wildman–Crippen MR) is 104 cm³/mol. The van der Waals surface area contributed by atoms with E-state index in [-0.39, 0.29) is 5.60 Å². The molecule has 0 saturated heterocycles. The molecular weight excluding hydrogens is 392 g/mol. The van der Waals surface area contributed by atoms with Crippen LogP contribution in [0.25, 0.3) is 0 Å². The maximum Gasteiger partial charge on any atom is 0.205 e. The molecule has 1 heterocycles.